The van der Waals surface area contributed by atoms with Gasteiger partial charge in [-0.1, -0.05) is 36.0 Å². The van der Waals surface area contributed by atoms with Gasteiger partial charge in [0.25, 0.3) is 0 Å². The van der Waals surface area contributed by atoms with E-state index < -0.39 is 0 Å². The normalized spacial score (nSPS) is 10.5. The molecule has 28 heavy (non-hydrogen) atoms. The molecule has 0 spiro atoms. The Bertz CT molecular complexity index is 1060. The van der Waals surface area contributed by atoms with Gasteiger partial charge in [0.2, 0.25) is 5.91 Å². The minimum absolute atomic E-state index is 0.104. The monoisotopic (exact) mass is 391 g/mol. The number of ether oxygens (including phenoxy) is 1. The van der Waals surface area contributed by atoms with E-state index in [9.17, 15) is 10.1 Å². The molecular formula is C22H21N3O2S. The molecule has 1 aromatic heterocycles. The molecule has 6 heteroatoms. The summed E-state index contributed by atoms with van der Waals surface area (Å²) >= 11 is 1.28. The fourth-order valence-corrected chi connectivity index (χ4v) is 3.62. The van der Waals surface area contributed by atoms with Gasteiger partial charge in [-0.05, 0) is 48.7 Å². The lowest BCUT2D eigenvalue weighted by molar-refractivity contribution is -0.118. The maximum atomic E-state index is 12.2. The Kier molecular flexibility index (Phi) is 6.17. The van der Waals surface area contributed by atoms with E-state index in [0.717, 1.165) is 33.3 Å². The van der Waals surface area contributed by atoms with Crippen molar-refractivity contribution in [2.75, 3.05) is 12.9 Å². The topological polar surface area (TPSA) is 75.0 Å². The molecule has 1 N–H and O–H groups in total. The van der Waals surface area contributed by atoms with Gasteiger partial charge in [0.1, 0.15) is 16.8 Å². The molecule has 0 fully saturated rings. The summed E-state index contributed by atoms with van der Waals surface area (Å²) in [6.07, 6.45) is 0. The first kappa shape index (κ1) is 19.7. The van der Waals surface area contributed by atoms with Gasteiger partial charge < -0.3 is 10.1 Å². The van der Waals surface area contributed by atoms with Crippen LogP contribution in [0.4, 0.5) is 0 Å². The smallest absolute Gasteiger partial charge is 0.230 e. The fraction of sp³-hybridized carbons (Fsp3) is 0.227. The van der Waals surface area contributed by atoms with Gasteiger partial charge in [0.15, 0.2) is 0 Å². The Labute approximate surface area is 168 Å². The number of carbonyl (C=O) groups excluding carboxylic acids is 1. The third-order valence-electron chi connectivity index (χ3n) is 4.48. The van der Waals surface area contributed by atoms with Gasteiger partial charge >= 0.3 is 0 Å². The van der Waals surface area contributed by atoms with Crippen LogP contribution in [0, 0.1) is 25.2 Å². The largest absolute Gasteiger partial charge is 0.497 e. The Morgan fingerprint density at radius 2 is 1.89 bits per heavy atom. The van der Waals surface area contributed by atoms with Crippen molar-refractivity contribution in [2.24, 2.45) is 0 Å². The van der Waals surface area contributed by atoms with Crippen LogP contribution in [0.3, 0.4) is 0 Å². The molecule has 5 nitrogen and oxygen atoms in total. The van der Waals surface area contributed by atoms with Crippen LogP contribution in [0.25, 0.3) is 10.9 Å². The fourth-order valence-electron chi connectivity index (χ4n) is 2.84. The zero-order chi connectivity index (χ0) is 20.1. The second-order valence-electron chi connectivity index (χ2n) is 6.46. The minimum Gasteiger partial charge on any atom is -0.497 e. The summed E-state index contributed by atoms with van der Waals surface area (Å²) in [5, 5.41) is 13.9. The van der Waals surface area contributed by atoms with Gasteiger partial charge in [0.05, 0.1) is 23.9 Å². The molecule has 0 aliphatic carbocycles. The molecule has 2 aromatic carbocycles. The van der Waals surface area contributed by atoms with Crippen LogP contribution in [0.1, 0.15) is 22.3 Å². The molecule has 1 heterocycles. The number of hydrogen-bond acceptors (Lipinski definition) is 5. The summed E-state index contributed by atoms with van der Waals surface area (Å²) in [6.45, 7) is 4.44. The van der Waals surface area contributed by atoms with Crippen LogP contribution in [-0.4, -0.2) is 23.8 Å². The van der Waals surface area contributed by atoms with E-state index in [-0.39, 0.29) is 11.7 Å². The average Bonchev–Trinajstić information content (AvgIpc) is 2.73. The van der Waals surface area contributed by atoms with E-state index in [1.807, 2.05) is 56.3 Å². The Morgan fingerprint density at radius 1 is 1.18 bits per heavy atom. The number of methoxy groups -OCH3 is 1. The number of fused-ring (bicyclic) bond motifs is 1. The number of benzene rings is 2. The number of nitrogens with zero attached hydrogens (tertiary/aromatic N) is 2. The SMILES string of the molecule is COc1ccc(CNC(=O)CSc2nc3c(C)ccc(C)c3cc2C#N)cc1. The summed E-state index contributed by atoms with van der Waals surface area (Å²) in [6, 6.07) is 15.7. The third kappa shape index (κ3) is 4.44. The number of thioether (sulfide) groups is 1. The number of rotatable bonds is 6. The van der Waals surface area contributed by atoms with E-state index in [0.29, 0.717) is 17.1 Å². The molecule has 0 radical (unpaired) electrons. The van der Waals surface area contributed by atoms with Crippen molar-refractivity contribution >= 4 is 28.6 Å². The van der Waals surface area contributed by atoms with Crippen molar-refractivity contribution in [1.82, 2.24) is 10.3 Å². The van der Waals surface area contributed by atoms with Gasteiger partial charge in [-0.15, -0.1) is 0 Å². The molecule has 0 saturated heterocycles. The lowest BCUT2D eigenvalue weighted by Crippen LogP contribution is -2.24. The lowest BCUT2D eigenvalue weighted by Gasteiger charge is -2.10. The number of aromatic nitrogens is 1. The van der Waals surface area contributed by atoms with E-state index in [4.69, 9.17) is 4.74 Å². The summed E-state index contributed by atoms with van der Waals surface area (Å²) < 4.78 is 5.13. The standard InChI is InChI=1S/C22H21N3O2S/c1-14-4-5-15(2)21-19(14)10-17(11-23)22(25-21)28-13-20(26)24-12-16-6-8-18(27-3)9-7-16/h4-10H,12-13H2,1-3H3,(H,24,26). The second kappa shape index (κ2) is 8.77. The number of nitrogens with one attached hydrogen (secondary N) is 1. The zero-order valence-electron chi connectivity index (χ0n) is 16.1. The van der Waals surface area contributed by atoms with Gasteiger partial charge in [-0.2, -0.15) is 5.26 Å². The quantitative estimate of drug-likeness (QED) is 0.639. The first-order chi connectivity index (χ1) is 13.5. The van der Waals surface area contributed by atoms with Crippen LogP contribution < -0.4 is 10.1 Å². The molecule has 0 atom stereocenters. The zero-order valence-corrected chi connectivity index (χ0v) is 16.9. The molecule has 142 valence electrons. The average molecular weight is 391 g/mol. The number of hydrogen-bond donors (Lipinski definition) is 1. The highest BCUT2D eigenvalue weighted by Crippen LogP contribution is 2.28. The van der Waals surface area contributed by atoms with Crippen molar-refractivity contribution in [3.8, 4) is 11.8 Å². The van der Waals surface area contributed by atoms with E-state index >= 15 is 0 Å². The number of nitriles is 1. The molecular weight excluding hydrogens is 370 g/mol. The van der Waals surface area contributed by atoms with Crippen molar-refractivity contribution in [3.63, 3.8) is 0 Å². The Morgan fingerprint density at radius 3 is 2.57 bits per heavy atom. The maximum absolute atomic E-state index is 12.2. The molecule has 3 rings (SSSR count). The Hall–Kier alpha value is -3.04. The first-order valence-electron chi connectivity index (χ1n) is 8.85. The highest BCUT2D eigenvalue weighted by atomic mass is 32.2. The summed E-state index contributed by atoms with van der Waals surface area (Å²) in [5.41, 5.74) is 4.50. The van der Waals surface area contributed by atoms with Gasteiger partial charge in [-0.3, -0.25) is 4.79 Å². The predicted octanol–water partition coefficient (Wildman–Crippen LogP) is 4.14. The molecule has 0 unspecified atom stereocenters. The maximum Gasteiger partial charge on any atom is 0.230 e. The van der Waals surface area contributed by atoms with Crippen molar-refractivity contribution < 1.29 is 9.53 Å². The Balaban J connectivity index is 1.67. The van der Waals surface area contributed by atoms with Crippen molar-refractivity contribution in [3.05, 3.63) is 64.7 Å². The van der Waals surface area contributed by atoms with Crippen molar-refractivity contribution in [2.45, 2.75) is 25.4 Å². The number of pyridine rings is 1. The van der Waals surface area contributed by atoms with Gasteiger partial charge in [0, 0.05) is 11.9 Å². The van der Waals surface area contributed by atoms with E-state index in [1.54, 1.807) is 7.11 Å². The minimum atomic E-state index is -0.104. The highest BCUT2D eigenvalue weighted by molar-refractivity contribution is 8.00. The molecule has 3 aromatic rings. The summed E-state index contributed by atoms with van der Waals surface area (Å²) in [5.74, 6) is 0.879. The van der Waals surface area contributed by atoms with Crippen LogP contribution in [0.5, 0.6) is 5.75 Å². The lowest BCUT2D eigenvalue weighted by atomic mass is 10.0. The third-order valence-corrected chi connectivity index (χ3v) is 5.47. The van der Waals surface area contributed by atoms with Crippen LogP contribution in [0.15, 0.2) is 47.5 Å². The van der Waals surface area contributed by atoms with Gasteiger partial charge in [-0.25, -0.2) is 4.98 Å². The van der Waals surface area contributed by atoms with Crippen LogP contribution in [-0.2, 0) is 11.3 Å². The van der Waals surface area contributed by atoms with Crippen molar-refractivity contribution in [1.29, 1.82) is 5.26 Å². The number of carbonyl (C=O) groups is 1. The van der Waals surface area contributed by atoms with E-state index in [1.165, 1.54) is 11.8 Å². The molecule has 0 bridgehead atoms. The molecule has 0 aliphatic heterocycles. The highest BCUT2D eigenvalue weighted by Gasteiger charge is 2.12. The second-order valence-corrected chi connectivity index (χ2v) is 7.43. The van der Waals surface area contributed by atoms with E-state index in [2.05, 4.69) is 16.4 Å². The predicted molar refractivity (Wildman–Crippen MR) is 111 cm³/mol. The first-order valence-corrected chi connectivity index (χ1v) is 9.84. The van der Waals surface area contributed by atoms with Crippen LogP contribution in [0.2, 0.25) is 0 Å². The number of aryl methyl sites for hydroxylation is 2. The summed E-state index contributed by atoms with van der Waals surface area (Å²) in [4.78, 5) is 16.9. The molecule has 0 aliphatic rings. The number of amides is 1. The summed E-state index contributed by atoms with van der Waals surface area (Å²) in [7, 11) is 1.62. The molecule has 1 amide bonds. The van der Waals surface area contributed by atoms with Crippen LogP contribution >= 0.6 is 11.8 Å². The molecule has 0 saturated carbocycles.